The first-order chi connectivity index (χ1) is 22.7. The van der Waals surface area contributed by atoms with Gasteiger partial charge in [-0.15, -0.1) is 0 Å². The van der Waals surface area contributed by atoms with E-state index in [4.69, 9.17) is 14.5 Å². The summed E-state index contributed by atoms with van der Waals surface area (Å²) in [5.74, 6) is -1.01. The van der Waals surface area contributed by atoms with Gasteiger partial charge in [0.25, 0.3) is 11.8 Å². The van der Waals surface area contributed by atoms with Gasteiger partial charge in [0, 0.05) is 26.2 Å². The van der Waals surface area contributed by atoms with Gasteiger partial charge in [-0.05, 0) is 31.2 Å². The number of nitrogens with one attached hydrogen (secondary N) is 4. The molecule has 0 saturated carbocycles. The molecule has 6 saturated heterocycles. The van der Waals surface area contributed by atoms with E-state index in [-0.39, 0.29) is 75.7 Å². The summed E-state index contributed by atoms with van der Waals surface area (Å²) in [6.07, 6.45) is 1.93. The zero-order valence-electron chi connectivity index (χ0n) is 25.5. The number of urea groups is 2. The van der Waals surface area contributed by atoms with Gasteiger partial charge in [0.2, 0.25) is 11.8 Å². The monoisotopic (exact) mass is 690 g/mol. The molecule has 49 heavy (non-hydrogen) atoms. The van der Waals surface area contributed by atoms with Crippen molar-refractivity contribution in [1.29, 1.82) is 0 Å². The molecule has 18 nitrogen and oxygen atoms in total. The highest BCUT2D eigenvalue weighted by Gasteiger charge is 2.49. The van der Waals surface area contributed by atoms with Crippen LogP contribution in [0.3, 0.4) is 0 Å². The second-order valence-corrected chi connectivity index (χ2v) is 12.2. The fourth-order valence-electron chi connectivity index (χ4n) is 6.46. The quantitative estimate of drug-likeness (QED) is 0.175. The molecule has 0 aliphatic carbocycles. The number of hydrogen-bond acceptors (Lipinski definition) is 10. The minimum Gasteiger partial charge on any atom is -0.353 e. The van der Waals surface area contributed by atoms with Crippen molar-refractivity contribution >= 4 is 35.7 Å². The molecule has 6 fully saturated rings. The van der Waals surface area contributed by atoms with Gasteiger partial charge in [0.05, 0.1) is 24.9 Å². The molecular weight excluding hydrogens is 644 g/mol. The van der Waals surface area contributed by atoms with Crippen LogP contribution in [0, 0.1) is 0 Å². The highest BCUT2D eigenvalue weighted by Crippen LogP contribution is 2.31. The average Bonchev–Trinajstić information content (AvgIpc) is 3.82. The van der Waals surface area contributed by atoms with E-state index < -0.39 is 24.0 Å². The Morgan fingerprint density at radius 3 is 1.80 bits per heavy atom. The summed E-state index contributed by atoms with van der Waals surface area (Å²) in [6.45, 7) is 1.83. The third kappa shape index (κ3) is 8.38. The van der Waals surface area contributed by atoms with Crippen molar-refractivity contribution in [2.24, 2.45) is 0 Å². The van der Waals surface area contributed by atoms with Gasteiger partial charge < -0.3 is 20.4 Å². The molecule has 7 rings (SSSR count). The Kier molecular flexibility index (Phi) is 12.4. The molecule has 6 atom stereocenters. The zero-order valence-corrected chi connectivity index (χ0v) is 25.5. The minimum atomic E-state index is -0.638. The molecule has 8 amide bonds. The van der Waals surface area contributed by atoms with Crippen LogP contribution in [0.15, 0.2) is 30.3 Å². The van der Waals surface area contributed by atoms with Gasteiger partial charge in [0.1, 0.15) is 30.9 Å². The highest BCUT2D eigenvalue weighted by molar-refractivity contribution is 5.89. The van der Waals surface area contributed by atoms with Crippen LogP contribution in [0.25, 0.3) is 0 Å². The average molecular weight is 691 g/mol. The summed E-state index contributed by atoms with van der Waals surface area (Å²) in [7, 11) is 0. The number of nitrogens with zero attached hydrogens (tertiary/aromatic N) is 4. The van der Waals surface area contributed by atoms with Gasteiger partial charge in [0.15, 0.2) is 0 Å². The van der Waals surface area contributed by atoms with Crippen LogP contribution in [-0.4, -0.2) is 123 Å². The number of hydroxylamine groups is 6. The minimum absolute atomic E-state index is 0. The number of hydrogen-bond donors (Lipinski definition) is 5. The van der Waals surface area contributed by atoms with Crippen LogP contribution in [0.1, 0.15) is 58.9 Å². The van der Waals surface area contributed by atoms with E-state index in [0.29, 0.717) is 63.5 Å². The summed E-state index contributed by atoms with van der Waals surface area (Å²) in [6, 6.07) is 7.26. The predicted octanol–water partition coefficient (Wildman–Crippen LogP) is 0.176. The largest absolute Gasteiger partial charge is 0.353 e. The fourth-order valence-corrected chi connectivity index (χ4v) is 6.46. The second-order valence-electron chi connectivity index (χ2n) is 12.2. The maximum absolute atomic E-state index is 12.7. The molecule has 0 unspecified atom stereocenters. The highest BCUT2D eigenvalue weighted by atomic mass is 16.7. The van der Waals surface area contributed by atoms with Crippen LogP contribution in [0.4, 0.5) is 9.59 Å². The van der Waals surface area contributed by atoms with Gasteiger partial charge in [-0.1, -0.05) is 45.2 Å². The Balaban J connectivity index is 0.000000221. The Labute approximate surface area is 284 Å². The zero-order chi connectivity index (χ0) is 33.1. The Bertz CT molecular complexity index is 1390. The van der Waals surface area contributed by atoms with Gasteiger partial charge in [-0.2, -0.15) is 5.06 Å². The van der Waals surface area contributed by atoms with E-state index in [0.717, 1.165) is 5.56 Å². The maximum atomic E-state index is 12.7. The lowest BCUT2D eigenvalue weighted by atomic mass is 10.0. The number of amides is 8. The molecule has 0 spiro atoms. The molecule has 0 aromatic heterocycles. The maximum Gasteiger partial charge on any atom is 0.345 e. The van der Waals surface area contributed by atoms with Crippen molar-refractivity contribution < 1.29 is 48.5 Å². The summed E-state index contributed by atoms with van der Waals surface area (Å²) in [4.78, 5) is 90.1. The van der Waals surface area contributed by atoms with E-state index in [1.54, 1.807) is 0 Å². The third-order valence-corrected chi connectivity index (χ3v) is 9.02. The van der Waals surface area contributed by atoms with Crippen molar-refractivity contribution in [1.82, 2.24) is 41.5 Å². The lowest BCUT2D eigenvalue weighted by Crippen LogP contribution is -2.50. The van der Waals surface area contributed by atoms with Crippen molar-refractivity contribution in [3.05, 3.63) is 35.9 Å². The summed E-state index contributed by atoms with van der Waals surface area (Å²) in [5, 5.41) is 16.8. The van der Waals surface area contributed by atoms with E-state index in [1.165, 1.54) is 14.9 Å². The van der Waals surface area contributed by atoms with E-state index >= 15 is 0 Å². The lowest BCUT2D eigenvalue weighted by Gasteiger charge is -2.29. The number of piperidine rings is 2. The van der Waals surface area contributed by atoms with Crippen LogP contribution >= 0.6 is 0 Å². The first-order valence-electron chi connectivity index (χ1n) is 15.7. The van der Waals surface area contributed by atoms with Crippen LogP contribution in [0.2, 0.25) is 0 Å². The molecular formula is C31H46N8O10. The molecule has 4 bridgehead atoms. The molecule has 6 heterocycles. The summed E-state index contributed by atoms with van der Waals surface area (Å²) in [5.41, 5.74) is 5.69. The lowest BCUT2D eigenvalue weighted by molar-refractivity contribution is -0.144. The number of fused-ring (bicyclic) bond motifs is 4. The molecule has 0 radical (unpaired) electrons. The Hall–Kier alpha value is -4.52. The molecule has 1 aromatic rings. The summed E-state index contributed by atoms with van der Waals surface area (Å²) < 4.78 is 0. The Morgan fingerprint density at radius 1 is 0.755 bits per heavy atom. The molecule has 270 valence electrons. The molecule has 6 aliphatic heterocycles. The van der Waals surface area contributed by atoms with Crippen LogP contribution < -0.4 is 21.6 Å². The fraction of sp³-hybridized carbons (Fsp3) is 0.613. The van der Waals surface area contributed by atoms with Gasteiger partial charge in [-0.25, -0.2) is 25.6 Å². The molecule has 18 heteroatoms. The normalized spacial score (nSPS) is 28.2. The van der Waals surface area contributed by atoms with Crippen molar-refractivity contribution in [2.45, 2.75) is 96.4 Å². The predicted molar refractivity (Wildman–Crippen MR) is 169 cm³/mol. The number of carbonyl (C=O) groups excluding carboxylic acids is 6. The standard InChI is InChI=1S/C18H22N4O5.C11H16N4O5.2CH4/c23-16-8-14(9-19-16)27-20-17(24)15-7-6-13-10-21(15)18(25)22(13)26-11-12-4-2-1-3-5-12;16-9-3-7(4-12-9)20-13-10(17)8-2-1-6-5-14(8)11(18)15(6)19;;/h1-5,13-15H,6-11H2,(H,19,23)(H,20,24);6-8,19H,1-5H2,(H,12,16)(H,13,17);2*1H4/t13-,14-,15+;6-,7-,8+;;/m11../s1. The van der Waals surface area contributed by atoms with Gasteiger partial charge in [-0.3, -0.25) is 38.9 Å². The van der Waals surface area contributed by atoms with Crippen molar-refractivity contribution in [3.63, 3.8) is 0 Å². The Morgan fingerprint density at radius 2 is 1.27 bits per heavy atom. The topological polar surface area (TPSA) is 211 Å². The van der Waals surface area contributed by atoms with Crippen molar-refractivity contribution in [3.8, 4) is 0 Å². The molecule has 6 aliphatic rings. The van der Waals surface area contributed by atoms with Crippen LogP contribution in [0.5, 0.6) is 0 Å². The second kappa shape index (κ2) is 16.3. The number of rotatable bonds is 9. The van der Waals surface area contributed by atoms with E-state index in [2.05, 4.69) is 21.6 Å². The smallest absolute Gasteiger partial charge is 0.345 e. The van der Waals surface area contributed by atoms with E-state index in [9.17, 15) is 34.0 Å². The molecule has 1 aromatic carbocycles. The van der Waals surface area contributed by atoms with Crippen LogP contribution in [-0.2, 0) is 40.3 Å². The third-order valence-electron chi connectivity index (χ3n) is 9.02. The number of benzene rings is 1. The summed E-state index contributed by atoms with van der Waals surface area (Å²) >= 11 is 0. The number of carbonyl (C=O) groups is 6. The molecule has 5 N–H and O–H groups in total. The van der Waals surface area contributed by atoms with E-state index in [1.807, 2.05) is 30.3 Å². The van der Waals surface area contributed by atoms with Gasteiger partial charge >= 0.3 is 12.1 Å². The first kappa shape index (κ1) is 37.3. The SMILES string of the molecule is C.C.O=C1C[C@@H](ONC(=O)[C@@H]2CC[C@@H]3CN2C(=O)N3O)CN1.O=C1C[C@@H](ONC(=O)[C@@H]2CC[C@@H]3CN2C(=O)N3OCc2ccccc2)CN1. The van der Waals surface area contributed by atoms with Crippen molar-refractivity contribution in [2.75, 3.05) is 26.2 Å². The first-order valence-corrected chi connectivity index (χ1v) is 15.7.